The van der Waals surface area contributed by atoms with Gasteiger partial charge in [0.25, 0.3) is 0 Å². The highest BCUT2D eigenvalue weighted by molar-refractivity contribution is 5.68. The number of nitrogens with one attached hydrogen (secondary N) is 1. The normalized spacial score (nSPS) is 25.8. The second-order valence-electron chi connectivity index (χ2n) is 6.91. The molecule has 2 heterocycles. The molecule has 2 aliphatic heterocycles. The first kappa shape index (κ1) is 15.2. The van der Waals surface area contributed by atoms with Crippen molar-refractivity contribution in [3.8, 4) is 0 Å². The molecule has 1 aromatic carbocycles. The summed E-state index contributed by atoms with van der Waals surface area (Å²) in [7, 11) is 4.21. The second-order valence-corrected chi connectivity index (χ2v) is 6.91. The molecule has 5 heteroatoms. The summed E-state index contributed by atoms with van der Waals surface area (Å²) in [6.07, 6.45) is 2.05. The van der Waals surface area contributed by atoms with Gasteiger partial charge in [-0.3, -0.25) is 5.01 Å². The van der Waals surface area contributed by atoms with Gasteiger partial charge in [0.2, 0.25) is 0 Å². The number of hydrogen-bond acceptors (Lipinski definition) is 5. The molecule has 120 valence electrons. The largest absolute Gasteiger partial charge is 0.384 e. The lowest BCUT2D eigenvalue weighted by atomic mass is 9.93. The summed E-state index contributed by atoms with van der Waals surface area (Å²) < 4.78 is 0. The molecule has 0 aromatic heterocycles. The van der Waals surface area contributed by atoms with E-state index in [9.17, 15) is 0 Å². The molecular weight excluding hydrogens is 274 g/mol. The lowest BCUT2D eigenvalue weighted by Gasteiger charge is -2.34. The molecule has 0 saturated carbocycles. The van der Waals surface area contributed by atoms with E-state index in [4.69, 9.17) is 0 Å². The van der Waals surface area contributed by atoms with Crippen LogP contribution >= 0.6 is 0 Å². The second kappa shape index (κ2) is 6.16. The average molecular weight is 301 g/mol. The molecule has 0 aliphatic carbocycles. The number of nitrogens with zero attached hydrogens (tertiary/aromatic N) is 4. The smallest absolute Gasteiger partial charge is 0.0478 e. The van der Waals surface area contributed by atoms with Crippen LogP contribution in [0.25, 0.3) is 0 Å². The van der Waals surface area contributed by atoms with Crippen molar-refractivity contribution in [1.82, 2.24) is 9.91 Å². The van der Waals surface area contributed by atoms with Crippen LogP contribution in [0.15, 0.2) is 29.4 Å². The number of piperazine rings is 1. The number of likely N-dealkylation sites (N-methyl/N-ethyl adjacent to an activating group) is 1. The van der Waals surface area contributed by atoms with Crippen LogP contribution in [0.2, 0.25) is 0 Å². The highest BCUT2D eigenvalue weighted by Gasteiger charge is 2.28. The molecule has 0 bridgehead atoms. The Hall–Kier alpha value is -1.75. The Kier molecular flexibility index (Phi) is 4.25. The van der Waals surface area contributed by atoms with Crippen molar-refractivity contribution in [2.45, 2.75) is 6.92 Å². The minimum Gasteiger partial charge on any atom is -0.384 e. The first-order valence-electron chi connectivity index (χ1n) is 8.08. The minimum absolute atomic E-state index is 0.116. The van der Waals surface area contributed by atoms with Crippen LogP contribution in [0.5, 0.6) is 0 Å². The summed E-state index contributed by atoms with van der Waals surface area (Å²) in [4.78, 5) is 4.84. The predicted molar refractivity (Wildman–Crippen MR) is 93.9 cm³/mol. The predicted octanol–water partition coefficient (Wildman–Crippen LogP) is 1.79. The molecule has 1 fully saturated rings. The van der Waals surface area contributed by atoms with Crippen LogP contribution in [0, 0.1) is 5.41 Å². The van der Waals surface area contributed by atoms with Gasteiger partial charge in [-0.2, -0.15) is 5.10 Å². The maximum atomic E-state index is 4.34. The number of hydrogen-bond donors (Lipinski definition) is 1. The van der Waals surface area contributed by atoms with E-state index in [-0.39, 0.29) is 5.41 Å². The van der Waals surface area contributed by atoms with E-state index in [1.54, 1.807) is 0 Å². The van der Waals surface area contributed by atoms with Gasteiger partial charge in [0.1, 0.15) is 0 Å². The Morgan fingerprint density at radius 3 is 2.36 bits per heavy atom. The molecule has 3 rings (SSSR count). The van der Waals surface area contributed by atoms with Crippen molar-refractivity contribution < 1.29 is 0 Å². The quantitative estimate of drug-likeness (QED) is 0.919. The number of benzene rings is 1. The summed E-state index contributed by atoms with van der Waals surface area (Å²) in [5.74, 6) is 0. The zero-order chi connectivity index (χ0) is 15.6. The molecule has 0 spiro atoms. The Bertz CT molecular complexity index is 518. The summed E-state index contributed by atoms with van der Waals surface area (Å²) in [5.41, 5.74) is 2.62. The highest BCUT2D eigenvalue weighted by atomic mass is 15.5. The van der Waals surface area contributed by atoms with Crippen LogP contribution < -0.4 is 10.2 Å². The highest BCUT2D eigenvalue weighted by Crippen LogP contribution is 2.23. The monoisotopic (exact) mass is 301 g/mol. The average Bonchev–Trinajstić information content (AvgIpc) is 2.87. The van der Waals surface area contributed by atoms with Crippen molar-refractivity contribution in [2.24, 2.45) is 10.5 Å². The number of rotatable bonds is 4. The summed E-state index contributed by atoms with van der Waals surface area (Å²) >= 11 is 0. The molecule has 1 atom stereocenters. The Morgan fingerprint density at radius 2 is 1.77 bits per heavy atom. The first-order valence-corrected chi connectivity index (χ1v) is 8.08. The van der Waals surface area contributed by atoms with E-state index in [0.717, 1.165) is 39.3 Å². The molecule has 0 radical (unpaired) electrons. The Labute approximate surface area is 133 Å². The number of hydrazone groups is 1. The standard InChI is InChI=1S/C17H27N5/c1-17(13-19-21(3)14-17)12-18-15-4-6-16(7-5-15)22-10-8-20(2)9-11-22/h4-7,13,18H,8-12,14H2,1-3H3. The third kappa shape index (κ3) is 3.53. The van der Waals surface area contributed by atoms with Gasteiger partial charge in [-0.1, -0.05) is 6.92 Å². The topological polar surface area (TPSA) is 34.1 Å². The molecule has 1 aromatic rings. The lowest BCUT2D eigenvalue weighted by molar-refractivity contribution is 0.313. The van der Waals surface area contributed by atoms with Gasteiger partial charge in [-0.25, -0.2) is 0 Å². The van der Waals surface area contributed by atoms with Crippen LogP contribution in [0.4, 0.5) is 11.4 Å². The van der Waals surface area contributed by atoms with Crippen molar-refractivity contribution in [2.75, 3.05) is 63.6 Å². The van der Waals surface area contributed by atoms with Crippen molar-refractivity contribution in [1.29, 1.82) is 0 Å². The van der Waals surface area contributed by atoms with E-state index in [1.807, 2.05) is 12.1 Å². The zero-order valence-electron chi connectivity index (χ0n) is 13.9. The van der Waals surface area contributed by atoms with Gasteiger partial charge >= 0.3 is 0 Å². The minimum atomic E-state index is 0.116. The maximum absolute atomic E-state index is 4.34. The van der Waals surface area contributed by atoms with Gasteiger partial charge in [-0.15, -0.1) is 0 Å². The molecule has 5 nitrogen and oxygen atoms in total. The van der Waals surface area contributed by atoms with Crippen LogP contribution in [-0.4, -0.2) is 69.5 Å². The number of anilines is 2. The summed E-state index contributed by atoms with van der Waals surface area (Å²) in [6.45, 7) is 8.64. The molecule has 1 N–H and O–H groups in total. The van der Waals surface area contributed by atoms with E-state index in [2.05, 4.69) is 64.7 Å². The summed E-state index contributed by atoms with van der Waals surface area (Å²) in [5, 5.41) is 9.88. The van der Waals surface area contributed by atoms with E-state index < -0.39 is 0 Å². The third-order valence-corrected chi connectivity index (χ3v) is 4.59. The van der Waals surface area contributed by atoms with Gasteiger partial charge < -0.3 is 15.1 Å². The molecule has 0 amide bonds. The van der Waals surface area contributed by atoms with Gasteiger partial charge in [-0.05, 0) is 31.3 Å². The maximum Gasteiger partial charge on any atom is 0.0478 e. The fourth-order valence-electron chi connectivity index (χ4n) is 3.10. The first-order chi connectivity index (χ1) is 10.5. The van der Waals surface area contributed by atoms with Gasteiger partial charge in [0.15, 0.2) is 0 Å². The van der Waals surface area contributed by atoms with E-state index in [1.165, 1.54) is 11.4 Å². The van der Waals surface area contributed by atoms with Crippen molar-refractivity contribution in [3.05, 3.63) is 24.3 Å². The van der Waals surface area contributed by atoms with Crippen molar-refractivity contribution in [3.63, 3.8) is 0 Å². The third-order valence-electron chi connectivity index (χ3n) is 4.59. The van der Waals surface area contributed by atoms with Crippen molar-refractivity contribution >= 4 is 17.6 Å². The SMILES string of the molecule is CN1CCN(c2ccc(NCC3(C)C=NN(C)C3)cc2)CC1. The van der Waals surface area contributed by atoms with Crippen LogP contribution in [0.1, 0.15) is 6.92 Å². The zero-order valence-corrected chi connectivity index (χ0v) is 13.9. The molecule has 1 unspecified atom stereocenters. The molecular formula is C17H27N5. The van der Waals surface area contributed by atoms with E-state index >= 15 is 0 Å². The van der Waals surface area contributed by atoms with Crippen LogP contribution in [0.3, 0.4) is 0 Å². The lowest BCUT2D eigenvalue weighted by Crippen LogP contribution is -2.44. The molecule has 2 aliphatic rings. The van der Waals surface area contributed by atoms with Gasteiger partial charge in [0.05, 0.1) is 0 Å². The van der Waals surface area contributed by atoms with E-state index in [0.29, 0.717) is 0 Å². The van der Waals surface area contributed by atoms with Crippen LogP contribution in [-0.2, 0) is 0 Å². The molecule has 1 saturated heterocycles. The Morgan fingerprint density at radius 1 is 1.09 bits per heavy atom. The fraction of sp³-hybridized carbons (Fsp3) is 0.588. The summed E-state index contributed by atoms with van der Waals surface area (Å²) in [6, 6.07) is 8.83. The Balaban J connectivity index is 1.54. The van der Waals surface area contributed by atoms with Gasteiger partial charge in [0, 0.05) is 69.3 Å². The fourth-order valence-corrected chi connectivity index (χ4v) is 3.10. The molecule has 22 heavy (non-hydrogen) atoms.